The second kappa shape index (κ2) is 7.33. The molecule has 3 aromatic rings. The summed E-state index contributed by atoms with van der Waals surface area (Å²) in [6, 6.07) is 10.2. The number of amides is 1. The third-order valence-corrected chi connectivity index (χ3v) is 6.00. The van der Waals surface area contributed by atoms with Gasteiger partial charge in [0.25, 0.3) is 5.91 Å². The fourth-order valence-electron chi connectivity index (χ4n) is 3.05. The molecule has 0 spiro atoms. The summed E-state index contributed by atoms with van der Waals surface area (Å²) in [4.78, 5) is 23.6. The van der Waals surface area contributed by atoms with Gasteiger partial charge in [0, 0.05) is 41.7 Å². The first-order chi connectivity index (χ1) is 12.3. The van der Waals surface area contributed by atoms with Gasteiger partial charge in [0.1, 0.15) is 10.7 Å². The van der Waals surface area contributed by atoms with E-state index in [1.807, 2.05) is 47.3 Å². The molecule has 25 heavy (non-hydrogen) atoms. The van der Waals surface area contributed by atoms with E-state index >= 15 is 0 Å². The highest BCUT2D eigenvalue weighted by molar-refractivity contribution is 7.13. The molecule has 0 saturated carbocycles. The lowest BCUT2D eigenvalue weighted by atomic mass is 10.2. The highest BCUT2D eigenvalue weighted by Gasteiger charge is 2.27. The molecule has 4 rings (SSSR count). The molecule has 0 aliphatic carbocycles. The molecule has 128 valence electrons. The van der Waals surface area contributed by atoms with Crippen LogP contribution in [0.4, 0.5) is 5.13 Å². The smallest absolute Gasteiger partial charge is 0.270 e. The van der Waals surface area contributed by atoms with Gasteiger partial charge in [0.15, 0.2) is 5.13 Å². The van der Waals surface area contributed by atoms with Crippen LogP contribution >= 0.6 is 22.7 Å². The molecule has 2 aromatic heterocycles. The lowest BCUT2D eigenvalue weighted by Gasteiger charge is -2.24. The lowest BCUT2D eigenvalue weighted by Crippen LogP contribution is -2.40. The van der Waals surface area contributed by atoms with Crippen LogP contribution in [0.5, 0.6) is 0 Å². The molecule has 1 fully saturated rings. The summed E-state index contributed by atoms with van der Waals surface area (Å²) in [5, 5.41) is 8.76. The van der Waals surface area contributed by atoms with Gasteiger partial charge >= 0.3 is 0 Å². The number of thiazole rings is 2. The van der Waals surface area contributed by atoms with Gasteiger partial charge in [-0.15, -0.1) is 22.7 Å². The molecule has 1 saturated heterocycles. The third kappa shape index (κ3) is 3.57. The van der Waals surface area contributed by atoms with Gasteiger partial charge in [-0.1, -0.05) is 30.3 Å². The van der Waals surface area contributed by atoms with Crippen LogP contribution in [0.3, 0.4) is 0 Å². The molecule has 1 amide bonds. The average Bonchev–Trinajstić information content (AvgIpc) is 3.41. The van der Waals surface area contributed by atoms with E-state index in [1.165, 1.54) is 11.3 Å². The van der Waals surface area contributed by atoms with E-state index < -0.39 is 0 Å². The number of carbonyl (C=O) groups excluding carboxylic acids is 1. The molecule has 3 heterocycles. The number of aromatic nitrogens is 2. The number of nitrogens with zero attached hydrogens (tertiary/aromatic N) is 3. The van der Waals surface area contributed by atoms with Gasteiger partial charge in [0.05, 0.1) is 0 Å². The number of carbonyl (C=O) groups is 1. The summed E-state index contributed by atoms with van der Waals surface area (Å²) in [6.45, 7) is 1.62. The van der Waals surface area contributed by atoms with Crippen molar-refractivity contribution >= 4 is 33.7 Å². The predicted molar refractivity (Wildman–Crippen MR) is 102 cm³/mol. The minimum Gasteiger partial charge on any atom is -0.349 e. The van der Waals surface area contributed by atoms with Crippen molar-refractivity contribution in [2.45, 2.75) is 18.9 Å². The molecule has 0 bridgehead atoms. The van der Waals surface area contributed by atoms with Crippen molar-refractivity contribution in [2.24, 2.45) is 0 Å². The van der Waals surface area contributed by atoms with Crippen LogP contribution in [0.25, 0.3) is 10.6 Å². The highest BCUT2D eigenvalue weighted by Crippen LogP contribution is 2.27. The number of rotatable bonds is 5. The van der Waals surface area contributed by atoms with E-state index in [2.05, 4.69) is 20.2 Å². The minimum absolute atomic E-state index is 0.107. The summed E-state index contributed by atoms with van der Waals surface area (Å²) in [5.74, 6) is -0.107. The van der Waals surface area contributed by atoms with Gasteiger partial charge in [-0.3, -0.25) is 4.79 Å². The first-order valence-electron chi connectivity index (χ1n) is 8.26. The summed E-state index contributed by atoms with van der Waals surface area (Å²) in [7, 11) is 0. The van der Waals surface area contributed by atoms with Crippen molar-refractivity contribution in [1.82, 2.24) is 15.3 Å². The fourth-order valence-corrected chi connectivity index (χ4v) is 4.60. The maximum absolute atomic E-state index is 12.4. The molecular formula is C18H18N4OS2. The number of hydrogen-bond acceptors (Lipinski definition) is 6. The Hall–Kier alpha value is -2.25. The summed E-state index contributed by atoms with van der Waals surface area (Å²) in [6.07, 6.45) is 4.04. The number of benzene rings is 1. The zero-order chi connectivity index (χ0) is 17.1. The molecule has 0 radical (unpaired) electrons. The zero-order valence-electron chi connectivity index (χ0n) is 13.6. The SMILES string of the molecule is O=C(NCC1CCCN1c1nccs1)c1csc(-c2ccccc2)n1. The second-order valence-electron chi connectivity index (χ2n) is 5.92. The molecule has 1 N–H and O–H groups in total. The monoisotopic (exact) mass is 370 g/mol. The van der Waals surface area contributed by atoms with Crippen molar-refractivity contribution in [3.05, 3.63) is 53.0 Å². The van der Waals surface area contributed by atoms with Gasteiger partial charge in [-0.25, -0.2) is 9.97 Å². The van der Waals surface area contributed by atoms with Gasteiger partial charge < -0.3 is 10.2 Å². The minimum atomic E-state index is -0.107. The fraction of sp³-hybridized carbons (Fsp3) is 0.278. The van der Waals surface area contributed by atoms with E-state index in [1.54, 1.807) is 11.3 Å². The molecule has 1 aliphatic rings. The van der Waals surface area contributed by atoms with E-state index in [-0.39, 0.29) is 5.91 Å². The van der Waals surface area contributed by atoms with E-state index in [0.29, 0.717) is 18.3 Å². The molecule has 1 aliphatic heterocycles. The maximum Gasteiger partial charge on any atom is 0.270 e. The lowest BCUT2D eigenvalue weighted by molar-refractivity contribution is 0.0947. The summed E-state index contributed by atoms with van der Waals surface area (Å²) < 4.78 is 0. The van der Waals surface area contributed by atoms with Crippen LogP contribution in [-0.4, -0.2) is 35.0 Å². The topological polar surface area (TPSA) is 58.1 Å². The van der Waals surface area contributed by atoms with Gasteiger partial charge in [0.2, 0.25) is 0 Å². The number of anilines is 1. The highest BCUT2D eigenvalue weighted by atomic mass is 32.1. The van der Waals surface area contributed by atoms with Crippen LogP contribution in [0.15, 0.2) is 47.3 Å². The Morgan fingerprint density at radius 1 is 1.28 bits per heavy atom. The Morgan fingerprint density at radius 3 is 2.96 bits per heavy atom. The predicted octanol–water partition coefficient (Wildman–Crippen LogP) is 3.67. The van der Waals surface area contributed by atoms with E-state index in [9.17, 15) is 4.79 Å². The van der Waals surface area contributed by atoms with Gasteiger partial charge in [-0.2, -0.15) is 0 Å². The number of hydrogen-bond donors (Lipinski definition) is 1. The van der Waals surface area contributed by atoms with E-state index in [4.69, 9.17) is 0 Å². The maximum atomic E-state index is 12.4. The van der Waals surface area contributed by atoms with Crippen molar-refractivity contribution < 1.29 is 4.79 Å². The zero-order valence-corrected chi connectivity index (χ0v) is 15.2. The van der Waals surface area contributed by atoms with Crippen molar-refractivity contribution in [2.75, 3.05) is 18.0 Å². The molecule has 1 unspecified atom stereocenters. The Labute approximate surface area is 154 Å². The second-order valence-corrected chi connectivity index (χ2v) is 7.65. The molecule has 1 atom stereocenters. The molecular weight excluding hydrogens is 352 g/mol. The normalized spacial score (nSPS) is 17.0. The molecule has 5 nitrogen and oxygen atoms in total. The molecule has 1 aromatic carbocycles. The van der Waals surface area contributed by atoms with E-state index in [0.717, 1.165) is 35.1 Å². The Kier molecular flexibility index (Phi) is 4.76. The Bertz CT molecular complexity index is 832. The Balaban J connectivity index is 1.39. The summed E-state index contributed by atoms with van der Waals surface area (Å²) >= 11 is 3.14. The number of nitrogens with one attached hydrogen (secondary N) is 1. The first kappa shape index (κ1) is 16.2. The van der Waals surface area contributed by atoms with Crippen molar-refractivity contribution in [3.63, 3.8) is 0 Å². The Morgan fingerprint density at radius 2 is 2.16 bits per heavy atom. The van der Waals surface area contributed by atoms with Crippen LogP contribution in [0.1, 0.15) is 23.3 Å². The average molecular weight is 371 g/mol. The first-order valence-corrected chi connectivity index (χ1v) is 10.0. The van der Waals surface area contributed by atoms with Crippen molar-refractivity contribution in [1.29, 1.82) is 0 Å². The largest absolute Gasteiger partial charge is 0.349 e. The van der Waals surface area contributed by atoms with Crippen molar-refractivity contribution in [3.8, 4) is 10.6 Å². The van der Waals surface area contributed by atoms with Crippen LogP contribution < -0.4 is 10.2 Å². The standard InChI is InChI=1S/C18H18N4OS2/c23-16(15-12-25-17(21-15)13-5-2-1-3-6-13)20-11-14-7-4-9-22(14)18-19-8-10-24-18/h1-3,5-6,8,10,12,14H,4,7,9,11H2,(H,20,23). The van der Waals surface area contributed by atoms with Crippen LogP contribution in [-0.2, 0) is 0 Å². The quantitative estimate of drug-likeness (QED) is 0.745. The van der Waals surface area contributed by atoms with Crippen LogP contribution in [0, 0.1) is 0 Å². The summed E-state index contributed by atoms with van der Waals surface area (Å²) in [5.41, 5.74) is 1.53. The van der Waals surface area contributed by atoms with Gasteiger partial charge in [-0.05, 0) is 12.8 Å². The third-order valence-electron chi connectivity index (χ3n) is 4.30. The molecule has 7 heteroatoms. The van der Waals surface area contributed by atoms with Crippen LogP contribution in [0.2, 0.25) is 0 Å².